The summed E-state index contributed by atoms with van der Waals surface area (Å²) >= 11 is 0. The third kappa shape index (κ3) is 4.27. The van der Waals surface area contributed by atoms with Gasteiger partial charge in [0, 0.05) is 5.69 Å². The van der Waals surface area contributed by atoms with Gasteiger partial charge in [-0.05, 0) is 42.8 Å². The van der Waals surface area contributed by atoms with Gasteiger partial charge in [-0.25, -0.2) is 4.79 Å². The largest absolute Gasteiger partial charge is 0.399 e. The zero-order valence-corrected chi connectivity index (χ0v) is 13.4. The summed E-state index contributed by atoms with van der Waals surface area (Å²) in [6, 6.07) is 7.92. The van der Waals surface area contributed by atoms with Gasteiger partial charge in [0.25, 0.3) is 10.1 Å². The van der Waals surface area contributed by atoms with Crippen molar-refractivity contribution < 1.29 is 17.8 Å². The van der Waals surface area contributed by atoms with E-state index in [0.29, 0.717) is 11.3 Å². The zero-order chi connectivity index (χ0) is 17.9. The Bertz CT molecular complexity index is 925. The number of nitrogen functional groups attached to an aromatic ring is 1. The Kier molecular flexibility index (Phi) is 4.81. The molecule has 24 heavy (non-hydrogen) atoms. The molecule has 0 saturated carbocycles. The lowest BCUT2D eigenvalue weighted by Crippen LogP contribution is -2.19. The number of primary amides is 1. The summed E-state index contributed by atoms with van der Waals surface area (Å²) in [6.07, 6.45) is 0. The predicted molar refractivity (Wildman–Crippen MR) is 89.2 cm³/mol. The van der Waals surface area contributed by atoms with Crippen LogP contribution in [0.3, 0.4) is 0 Å². The van der Waals surface area contributed by atoms with Crippen molar-refractivity contribution in [3.8, 4) is 0 Å². The molecule has 6 N–H and O–H groups in total. The van der Waals surface area contributed by atoms with Crippen molar-refractivity contribution in [2.24, 2.45) is 16.0 Å². The van der Waals surface area contributed by atoms with E-state index in [1.807, 2.05) is 0 Å². The molecule has 0 heterocycles. The second kappa shape index (κ2) is 6.64. The molecule has 2 aromatic rings. The number of azo groups is 1. The number of nitrogens with zero attached hydrogens (tertiary/aromatic N) is 2. The summed E-state index contributed by atoms with van der Waals surface area (Å²) in [6.45, 7) is 1.67. The van der Waals surface area contributed by atoms with Crippen LogP contribution in [0.4, 0.5) is 27.5 Å². The molecule has 0 aromatic heterocycles. The third-order valence-electron chi connectivity index (χ3n) is 2.94. The maximum Gasteiger partial charge on any atom is 0.316 e. The summed E-state index contributed by atoms with van der Waals surface area (Å²) in [5, 5.41) is 10.1. The number of rotatable bonds is 4. The Balaban J connectivity index is 2.48. The molecule has 2 amide bonds. The number of hydrogen-bond acceptors (Lipinski definition) is 6. The van der Waals surface area contributed by atoms with Crippen molar-refractivity contribution >= 4 is 38.9 Å². The molecule has 0 aliphatic rings. The molecule has 2 rings (SSSR count). The number of anilines is 2. The van der Waals surface area contributed by atoms with Crippen LogP contribution in [-0.2, 0) is 10.1 Å². The van der Waals surface area contributed by atoms with E-state index in [9.17, 15) is 17.8 Å². The molecular formula is C14H15N5O4S. The highest BCUT2D eigenvalue weighted by atomic mass is 32.2. The standard InChI is InChI=1S/C14H15N5O4S/c1-8-2-4-11(13(6-8)24(21,22)23)19-18-10-5-3-9(15)7-12(10)17-14(16)20/h2-7H,15H2,1H3,(H3,16,17,20)(H,21,22,23). The topological polar surface area (TPSA) is 160 Å². The Morgan fingerprint density at radius 3 is 2.38 bits per heavy atom. The molecule has 2 aromatic carbocycles. The maximum atomic E-state index is 11.4. The normalized spacial score (nSPS) is 11.6. The molecule has 0 radical (unpaired) electrons. The average molecular weight is 349 g/mol. The summed E-state index contributed by atoms with van der Waals surface area (Å²) in [4.78, 5) is 10.6. The highest BCUT2D eigenvalue weighted by Gasteiger charge is 2.16. The van der Waals surface area contributed by atoms with Crippen molar-refractivity contribution in [2.45, 2.75) is 11.8 Å². The van der Waals surface area contributed by atoms with Crippen LogP contribution < -0.4 is 16.8 Å². The molecule has 0 fully saturated rings. The van der Waals surface area contributed by atoms with Crippen molar-refractivity contribution in [1.82, 2.24) is 0 Å². The number of carbonyl (C=O) groups excluding carboxylic acids is 1. The first-order valence-corrected chi connectivity index (χ1v) is 8.06. The van der Waals surface area contributed by atoms with E-state index in [2.05, 4.69) is 15.5 Å². The first-order valence-electron chi connectivity index (χ1n) is 6.62. The number of benzene rings is 2. The molecule has 0 atom stereocenters. The Labute approximate surface area is 138 Å². The lowest BCUT2D eigenvalue weighted by Gasteiger charge is -2.07. The molecule has 10 heteroatoms. The highest BCUT2D eigenvalue weighted by Crippen LogP contribution is 2.31. The summed E-state index contributed by atoms with van der Waals surface area (Å²) in [5.74, 6) is 0. The van der Waals surface area contributed by atoms with E-state index in [1.165, 1.54) is 30.3 Å². The molecule has 0 unspecified atom stereocenters. The van der Waals surface area contributed by atoms with Crippen LogP contribution in [0.15, 0.2) is 51.5 Å². The number of aryl methyl sites for hydroxylation is 1. The molecular weight excluding hydrogens is 334 g/mol. The van der Waals surface area contributed by atoms with Crippen LogP contribution in [0.1, 0.15) is 5.56 Å². The zero-order valence-electron chi connectivity index (χ0n) is 12.6. The third-order valence-corrected chi connectivity index (χ3v) is 3.82. The van der Waals surface area contributed by atoms with E-state index in [4.69, 9.17) is 11.5 Å². The Morgan fingerprint density at radius 1 is 1.12 bits per heavy atom. The van der Waals surface area contributed by atoms with Crippen LogP contribution in [0.2, 0.25) is 0 Å². The molecule has 0 aliphatic carbocycles. The fourth-order valence-corrected chi connectivity index (χ4v) is 2.60. The van der Waals surface area contributed by atoms with Crippen molar-refractivity contribution in [1.29, 1.82) is 0 Å². The van der Waals surface area contributed by atoms with E-state index in [0.717, 1.165) is 0 Å². The summed E-state index contributed by atoms with van der Waals surface area (Å²) < 4.78 is 32.2. The Morgan fingerprint density at radius 2 is 1.75 bits per heavy atom. The number of carbonyl (C=O) groups is 1. The Hall–Kier alpha value is -2.98. The number of amides is 2. The van der Waals surface area contributed by atoms with Crippen molar-refractivity contribution in [3.63, 3.8) is 0 Å². The van der Waals surface area contributed by atoms with Crippen molar-refractivity contribution in [3.05, 3.63) is 42.0 Å². The van der Waals surface area contributed by atoms with E-state index in [1.54, 1.807) is 13.0 Å². The monoisotopic (exact) mass is 349 g/mol. The van der Waals surface area contributed by atoms with E-state index >= 15 is 0 Å². The summed E-state index contributed by atoms with van der Waals surface area (Å²) in [7, 11) is -4.46. The smallest absolute Gasteiger partial charge is 0.316 e. The van der Waals surface area contributed by atoms with Crippen LogP contribution >= 0.6 is 0 Å². The van der Waals surface area contributed by atoms with Crippen LogP contribution in [0.5, 0.6) is 0 Å². The highest BCUT2D eigenvalue weighted by molar-refractivity contribution is 7.86. The van der Waals surface area contributed by atoms with Gasteiger partial charge in [-0.1, -0.05) is 6.07 Å². The van der Waals surface area contributed by atoms with Gasteiger partial charge in [0.1, 0.15) is 16.3 Å². The fourth-order valence-electron chi connectivity index (χ4n) is 1.89. The fraction of sp³-hybridized carbons (Fsp3) is 0.0714. The second-order valence-corrected chi connectivity index (χ2v) is 6.30. The predicted octanol–water partition coefficient (Wildman–Crippen LogP) is 2.73. The van der Waals surface area contributed by atoms with E-state index < -0.39 is 16.1 Å². The van der Waals surface area contributed by atoms with Crippen LogP contribution in [0, 0.1) is 6.92 Å². The minimum atomic E-state index is -4.46. The second-order valence-electron chi connectivity index (χ2n) is 4.91. The lowest BCUT2D eigenvalue weighted by atomic mass is 10.2. The van der Waals surface area contributed by atoms with Gasteiger partial charge in [-0.15, -0.1) is 10.2 Å². The van der Waals surface area contributed by atoms with E-state index in [-0.39, 0.29) is 22.0 Å². The SMILES string of the molecule is Cc1ccc(N=Nc2ccc(N)cc2NC(N)=O)c(S(=O)(=O)O)c1. The van der Waals surface area contributed by atoms with Crippen molar-refractivity contribution in [2.75, 3.05) is 11.1 Å². The number of hydrogen-bond donors (Lipinski definition) is 4. The maximum absolute atomic E-state index is 11.4. The average Bonchev–Trinajstić information content (AvgIpc) is 2.46. The minimum Gasteiger partial charge on any atom is -0.399 e. The van der Waals surface area contributed by atoms with Gasteiger partial charge in [0.05, 0.1) is 5.69 Å². The first kappa shape index (κ1) is 17.4. The molecule has 0 bridgehead atoms. The van der Waals surface area contributed by atoms with Gasteiger partial charge in [0.15, 0.2) is 0 Å². The first-order chi connectivity index (χ1) is 11.2. The molecule has 9 nitrogen and oxygen atoms in total. The van der Waals surface area contributed by atoms with Gasteiger partial charge in [-0.3, -0.25) is 4.55 Å². The minimum absolute atomic E-state index is 0.0510. The molecule has 0 spiro atoms. The van der Waals surface area contributed by atoms with Gasteiger partial charge in [-0.2, -0.15) is 8.42 Å². The quantitative estimate of drug-likeness (QED) is 0.378. The van der Waals surface area contributed by atoms with Gasteiger partial charge in [0.2, 0.25) is 0 Å². The molecule has 0 saturated heterocycles. The number of nitrogens with two attached hydrogens (primary N) is 2. The molecule has 126 valence electrons. The number of urea groups is 1. The van der Waals surface area contributed by atoms with Crippen LogP contribution in [0.25, 0.3) is 0 Å². The summed E-state index contributed by atoms with van der Waals surface area (Å²) in [5.41, 5.74) is 12.1. The van der Waals surface area contributed by atoms with Gasteiger partial charge >= 0.3 is 6.03 Å². The number of nitrogens with one attached hydrogen (secondary N) is 1. The lowest BCUT2D eigenvalue weighted by molar-refractivity contribution is 0.259. The van der Waals surface area contributed by atoms with Crippen LogP contribution in [-0.4, -0.2) is 19.0 Å². The van der Waals surface area contributed by atoms with Gasteiger partial charge < -0.3 is 16.8 Å². The molecule has 0 aliphatic heterocycles.